The molecule has 0 unspecified atom stereocenters. The molecule has 0 atom stereocenters. The normalized spacial score (nSPS) is 12.3. The summed E-state index contributed by atoms with van der Waals surface area (Å²) in [4.78, 5) is 1.51. The summed E-state index contributed by atoms with van der Waals surface area (Å²) in [6.45, 7) is 8.52. The van der Waals surface area contributed by atoms with Crippen molar-refractivity contribution < 1.29 is 28.5 Å². The van der Waals surface area contributed by atoms with Gasteiger partial charge in [-0.1, -0.05) is 25.7 Å². The summed E-state index contributed by atoms with van der Waals surface area (Å²) >= 11 is 1.88. The first-order valence-electron chi connectivity index (χ1n) is 5.13. The van der Waals surface area contributed by atoms with E-state index >= 15 is 0 Å². The molecule has 15 heavy (non-hydrogen) atoms. The summed E-state index contributed by atoms with van der Waals surface area (Å²) < 4.78 is 1.14. The van der Waals surface area contributed by atoms with E-state index < -0.39 is 8.07 Å². The van der Waals surface area contributed by atoms with Crippen molar-refractivity contribution >= 4 is 19.4 Å². The lowest BCUT2D eigenvalue weighted by molar-refractivity contribution is -0.893. The number of hydrogen-bond donors (Lipinski definition) is 0. The van der Waals surface area contributed by atoms with E-state index in [-0.39, 0.29) is 24.0 Å². The van der Waals surface area contributed by atoms with Crippen molar-refractivity contribution in [2.75, 3.05) is 20.3 Å². The van der Waals surface area contributed by atoms with Crippen LogP contribution in [0.2, 0.25) is 19.6 Å². The van der Waals surface area contributed by atoms with Crippen molar-refractivity contribution in [1.82, 2.24) is 0 Å². The Kier molecular flexibility index (Phi) is 6.03. The molecule has 1 aromatic rings. The summed E-state index contributed by atoms with van der Waals surface area (Å²) in [6, 6.07) is 4.39. The van der Waals surface area contributed by atoms with E-state index in [9.17, 15) is 0 Å². The first-order chi connectivity index (χ1) is 6.29. The lowest BCUT2D eigenvalue weighted by atomic mass is 10.4. The smallest absolute Gasteiger partial charge is 0.113 e. The second kappa shape index (κ2) is 5.79. The minimum absolute atomic E-state index is 0. The lowest BCUT2D eigenvalue weighted by Crippen LogP contribution is -3.00. The van der Waals surface area contributed by atoms with Crippen LogP contribution in [-0.4, -0.2) is 32.8 Å². The fourth-order valence-electron chi connectivity index (χ4n) is 2.16. The van der Waals surface area contributed by atoms with Crippen molar-refractivity contribution in [3.8, 4) is 0 Å². The highest BCUT2D eigenvalue weighted by Crippen LogP contribution is 2.17. The molecular formula is C11H22INSSi. The van der Waals surface area contributed by atoms with Gasteiger partial charge in [-0.15, -0.1) is 11.3 Å². The van der Waals surface area contributed by atoms with Gasteiger partial charge in [0.05, 0.1) is 25.1 Å². The molecule has 0 aliphatic rings. The van der Waals surface area contributed by atoms with Crippen LogP contribution in [0.5, 0.6) is 0 Å². The van der Waals surface area contributed by atoms with Gasteiger partial charge in [0.25, 0.3) is 0 Å². The van der Waals surface area contributed by atoms with Crippen LogP contribution in [0.15, 0.2) is 17.5 Å². The molecule has 0 saturated carbocycles. The minimum atomic E-state index is -0.949. The van der Waals surface area contributed by atoms with E-state index in [1.165, 1.54) is 17.6 Å². The largest absolute Gasteiger partial charge is 1.00 e. The number of nitrogens with zero attached hydrogens (tertiary/aromatic N) is 1. The van der Waals surface area contributed by atoms with Crippen LogP contribution < -0.4 is 24.0 Å². The van der Waals surface area contributed by atoms with Crippen LogP contribution in [0.1, 0.15) is 4.88 Å². The number of quaternary nitrogens is 1. The van der Waals surface area contributed by atoms with Crippen LogP contribution in [0.3, 0.4) is 0 Å². The molecule has 0 bridgehead atoms. The van der Waals surface area contributed by atoms with E-state index in [2.05, 4.69) is 51.2 Å². The second-order valence-electron chi connectivity index (χ2n) is 5.89. The molecule has 0 amide bonds. The molecule has 0 aliphatic heterocycles. The third kappa shape index (κ3) is 6.71. The maximum absolute atomic E-state index is 2.45. The lowest BCUT2D eigenvalue weighted by Gasteiger charge is -2.34. The fraction of sp³-hybridized carbons (Fsp3) is 0.636. The van der Waals surface area contributed by atoms with Gasteiger partial charge < -0.3 is 28.5 Å². The molecule has 88 valence electrons. The van der Waals surface area contributed by atoms with E-state index in [4.69, 9.17) is 0 Å². The maximum Gasteiger partial charge on any atom is 0.113 e. The number of hydrogen-bond acceptors (Lipinski definition) is 1. The standard InChI is InChI=1S/C11H22NSSi.HI/c1-12(2,10-14(3,4)5)9-11-7-6-8-13-11;/h6-8H,9-10H2,1-5H3;1H/q+1;/p-1. The van der Waals surface area contributed by atoms with E-state index in [1.807, 2.05) is 11.3 Å². The van der Waals surface area contributed by atoms with E-state index in [0.717, 1.165) is 4.48 Å². The second-order valence-corrected chi connectivity index (χ2v) is 12.4. The Morgan fingerprint density at radius 3 is 2.27 bits per heavy atom. The van der Waals surface area contributed by atoms with E-state index in [0.29, 0.717) is 0 Å². The molecule has 0 fully saturated rings. The summed E-state index contributed by atoms with van der Waals surface area (Å²) in [5.74, 6) is 0. The Balaban J connectivity index is 0.00000196. The van der Waals surface area contributed by atoms with Crippen molar-refractivity contribution in [3.05, 3.63) is 22.4 Å². The third-order valence-electron chi connectivity index (χ3n) is 2.07. The zero-order valence-corrected chi connectivity index (χ0v) is 14.4. The van der Waals surface area contributed by atoms with Gasteiger partial charge in [-0.05, 0) is 11.4 Å². The third-order valence-corrected chi connectivity index (χ3v) is 4.73. The van der Waals surface area contributed by atoms with Crippen molar-refractivity contribution in [1.29, 1.82) is 0 Å². The first-order valence-corrected chi connectivity index (χ1v) is 9.72. The highest BCUT2D eigenvalue weighted by molar-refractivity contribution is 7.09. The molecule has 0 aromatic carbocycles. The molecular weight excluding hydrogens is 333 g/mol. The van der Waals surface area contributed by atoms with Gasteiger partial charge in [-0.3, -0.25) is 0 Å². The zero-order valence-electron chi connectivity index (χ0n) is 10.4. The molecule has 0 N–H and O–H groups in total. The number of thiophene rings is 1. The zero-order chi connectivity index (χ0) is 10.8. The summed E-state index contributed by atoms with van der Waals surface area (Å²) in [7, 11) is 3.74. The number of halogens is 1. The Morgan fingerprint density at radius 1 is 1.27 bits per heavy atom. The molecule has 0 saturated heterocycles. The van der Waals surface area contributed by atoms with Gasteiger partial charge in [-0.25, -0.2) is 0 Å². The topological polar surface area (TPSA) is 0 Å². The predicted molar refractivity (Wildman–Crippen MR) is 68.3 cm³/mol. The van der Waals surface area contributed by atoms with Gasteiger partial charge in [0, 0.05) is 0 Å². The Morgan fingerprint density at radius 2 is 1.87 bits per heavy atom. The van der Waals surface area contributed by atoms with Gasteiger partial charge in [0.15, 0.2) is 0 Å². The van der Waals surface area contributed by atoms with Crippen LogP contribution in [0.25, 0.3) is 0 Å². The minimum Gasteiger partial charge on any atom is -1.00 e. The number of rotatable bonds is 4. The highest BCUT2D eigenvalue weighted by atomic mass is 127. The Bertz CT molecular complexity index is 277. The molecule has 1 rings (SSSR count). The maximum atomic E-state index is 2.45. The SMILES string of the molecule is C[N+](C)(Cc1cccs1)C[Si](C)(C)C.[I-]. The Hall–Kier alpha value is 0.607. The van der Waals surface area contributed by atoms with Gasteiger partial charge in [-0.2, -0.15) is 0 Å². The van der Waals surface area contributed by atoms with Crippen LogP contribution in [-0.2, 0) is 6.54 Å². The van der Waals surface area contributed by atoms with Crippen molar-refractivity contribution in [2.45, 2.75) is 26.2 Å². The summed E-state index contributed by atoms with van der Waals surface area (Å²) in [6.07, 6.45) is 1.35. The summed E-state index contributed by atoms with van der Waals surface area (Å²) in [5.41, 5.74) is 0. The Labute approximate surface area is 116 Å². The van der Waals surface area contributed by atoms with Gasteiger partial charge in [0.2, 0.25) is 0 Å². The molecule has 1 aromatic heterocycles. The molecule has 0 spiro atoms. The van der Waals surface area contributed by atoms with Crippen LogP contribution in [0.4, 0.5) is 0 Å². The first kappa shape index (κ1) is 15.6. The average Bonchev–Trinajstić information content (AvgIpc) is 2.31. The van der Waals surface area contributed by atoms with Crippen LogP contribution >= 0.6 is 11.3 Å². The van der Waals surface area contributed by atoms with Crippen LogP contribution in [0, 0.1) is 0 Å². The monoisotopic (exact) mass is 355 g/mol. The average molecular weight is 355 g/mol. The van der Waals surface area contributed by atoms with Gasteiger partial charge in [0.1, 0.15) is 14.6 Å². The van der Waals surface area contributed by atoms with E-state index in [1.54, 1.807) is 0 Å². The summed E-state index contributed by atoms with van der Waals surface area (Å²) in [5, 5.41) is 2.17. The van der Waals surface area contributed by atoms with Crippen molar-refractivity contribution in [2.24, 2.45) is 0 Å². The fourth-order valence-corrected chi connectivity index (χ4v) is 5.76. The quantitative estimate of drug-likeness (QED) is 0.412. The molecule has 4 heteroatoms. The molecule has 0 radical (unpaired) electrons. The highest BCUT2D eigenvalue weighted by Gasteiger charge is 2.26. The molecule has 0 aliphatic carbocycles. The van der Waals surface area contributed by atoms with Crippen molar-refractivity contribution in [3.63, 3.8) is 0 Å². The molecule has 1 nitrogen and oxygen atoms in total. The predicted octanol–water partition coefficient (Wildman–Crippen LogP) is 0.206. The molecule has 1 heterocycles. The van der Waals surface area contributed by atoms with Gasteiger partial charge >= 0.3 is 0 Å².